The highest BCUT2D eigenvalue weighted by atomic mass is 16.5. The fourth-order valence-electron chi connectivity index (χ4n) is 2.45. The van der Waals surface area contributed by atoms with Crippen LogP contribution in [0.15, 0.2) is 48.7 Å². The first-order chi connectivity index (χ1) is 13.6. The summed E-state index contributed by atoms with van der Waals surface area (Å²) in [5, 5.41) is 14.8. The van der Waals surface area contributed by atoms with Crippen LogP contribution in [-0.2, 0) is 4.79 Å². The van der Waals surface area contributed by atoms with Crippen LogP contribution in [0.4, 0.5) is 17.5 Å². The monoisotopic (exact) mass is 381 g/mol. The summed E-state index contributed by atoms with van der Waals surface area (Å²) in [5.74, 6) is 0.801. The highest BCUT2D eigenvalue weighted by Crippen LogP contribution is 2.31. The van der Waals surface area contributed by atoms with Gasteiger partial charge in [0, 0.05) is 24.0 Å². The molecule has 1 aromatic carbocycles. The molecule has 2 heterocycles. The minimum atomic E-state index is -1.01. The van der Waals surface area contributed by atoms with Gasteiger partial charge in [0.05, 0.1) is 25.6 Å². The van der Waals surface area contributed by atoms with Crippen molar-refractivity contribution in [2.45, 2.75) is 0 Å². The zero-order valence-electron chi connectivity index (χ0n) is 15.3. The largest absolute Gasteiger partial charge is 0.493 e. The second-order valence-corrected chi connectivity index (χ2v) is 5.62. The van der Waals surface area contributed by atoms with Gasteiger partial charge in [0.1, 0.15) is 12.4 Å². The lowest BCUT2D eigenvalue weighted by Crippen LogP contribution is -2.15. The van der Waals surface area contributed by atoms with E-state index < -0.39 is 5.97 Å². The summed E-state index contributed by atoms with van der Waals surface area (Å²) in [6.07, 6.45) is 1.66. The van der Waals surface area contributed by atoms with Gasteiger partial charge in [-0.3, -0.25) is 9.78 Å². The van der Waals surface area contributed by atoms with Crippen molar-refractivity contribution >= 4 is 23.4 Å². The van der Waals surface area contributed by atoms with Crippen LogP contribution in [0.5, 0.6) is 11.5 Å². The fraction of sp³-hybridized carbons (Fsp3) is 0.158. The Balaban J connectivity index is 1.95. The Hall–Kier alpha value is -3.88. The van der Waals surface area contributed by atoms with E-state index in [4.69, 9.17) is 14.6 Å². The first-order valence-corrected chi connectivity index (χ1v) is 8.34. The van der Waals surface area contributed by atoms with Gasteiger partial charge in [-0.1, -0.05) is 6.07 Å². The number of anilines is 3. The number of benzene rings is 1. The maximum absolute atomic E-state index is 10.9. The van der Waals surface area contributed by atoms with Crippen LogP contribution in [0.1, 0.15) is 0 Å². The number of nitrogens with one attached hydrogen (secondary N) is 2. The quantitative estimate of drug-likeness (QED) is 0.541. The van der Waals surface area contributed by atoms with Crippen molar-refractivity contribution in [1.82, 2.24) is 15.0 Å². The number of hydrogen-bond acceptors (Lipinski definition) is 8. The van der Waals surface area contributed by atoms with Crippen molar-refractivity contribution in [3.63, 3.8) is 0 Å². The molecule has 28 heavy (non-hydrogen) atoms. The molecule has 0 fully saturated rings. The summed E-state index contributed by atoms with van der Waals surface area (Å²) in [7, 11) is 3.12. The lowest BCUT2D eigenvalue weighted by molar-refractivity contribution is -0.134. The van der Waals surface area contributed by atoms with Crippen molar-refractivity contribution in [3.8, 4) is 22.9 Å². The van der Waals surface area contributed by atoms with Crippen molar-refractivity contribution in [2.24, 2.45) is 0 Å². The van der Waals surface area contributed by atoms with Crippen LogP contribution in [0, 0.1) is 0 Å². The topological polar surface area (TPSA) is 118 Å². The van der Waals surface area contributed by atoms with Crippen molar-refractivity contribution < 1.29 is 19.4 Å². The van der Waals surface area contributed by atoms with E-state index >= 15 is 0 Å². The summed E-state index contributed by atoms with van der Waals surface area (Å²) in [5.41, 5.74) is 1.90. The highest BCUT2D eigenvalue weighted by molar-refractivity contribution is 5.73. The molecule has 144 valence electrons. The minimum Gasteiger partial charge on any atom is -0.493 e. The van der Waals surface area contributed by atoms with E-state index in [1.54, 1.807) is 44.7 Å². The number of hydrogen-bond donors (Lipinski definition) is 3. The SMILES string of the molecule is COc1ccc(Nc2cc(-c3ccccn3)nc(NCC(=O)O)n2)cc1OC. The molecule has 0 amide bonds. The average Bonchev–Trinajstić information content (AvgIpc) is 2.72. The Morgan fingerprint density at radius 1 is 1.04 bits per heavy atom. The van der Waals surface area contributed by atoms with E-state index in [1.807, 2.05) is 18.2 Å². The molecule has 0 saturated carbocycles. The summed E-state index contributed by atoms with van der Waals surface area (Å²) in [6, 6.07) is 12.5. The molecule has 0 aliphatic carbocycles. The van der Waals surface area contributed by atoms with Gasteiger partial charge in [-0.15, -0.1) is 0 Å². The highest BCUT2D eigenvalue weighted by Gasteiger charge is 2.10. The van der Waals surface area contributed by atoms with E-state index in [-0.39, 0.29) is 12.5 Å². The molecule has 0 aliphatic heterocycles. The lowest BCUT2D eigenvalue weighted by Gasteiger charge is -2.13. The Morgan fingerprint density at radius 3 is 2.54 bits per heavy atom. The predicted octanol–water partition coefficient (Wildman–Crippen LogP) is 2.80. The number of methoxy groups -OCH3 is 2. The van der Waals surface area contributed by atoms with Gasteiger partial charge < -0.3 is 25.2 Å². The molecule has 2 aromatic heterocycles. The Morgan fingerprint density at radius 2 is 1.86 bits per heavy atom. The van der Waals surface area contributed by atoms with E-state index in [9.17, 15) is 4.79 Å². The molecule has 0 unspecified atom stereocenters. The van der Waals surface area contributed by atoms with Crippen LogP contribution >= 0.6 is 0 Å². The molecule has 0 saturated heterocycles. The third-order valence-electron chi connectivity index (χ3n) is 3.71. The number of rotatable bonds is 8. The van der Waals surface area contributed by atoms with E-state index in [0.717, 1.165) is 0 Å². The van der Waals surface area contributed by atoms with Gasteiger partial charge in [-0.2, -0.15) is 4.98 Å². The first-order valence-electron chi connectivity index (χ1n) is 8.34. The molecule has 9 heteroatoms. The smallest absolute Gasteiger partial charge is 0.322 e. The Kier molecular flexibility index (Phi) is 5.85. The summed E-state index contributed by atoms with van der Waals surface area (Å²) >= 11 is 0. The van der Waals surface area contributed by atoms with Crippen LogP contribution in [0.25, 0.3) is 11.4 Å². The number of aromatic nitrogens is 3. The fourth-order valence-corrected chi connectivity index (χ4v) is 2.45. The molecule has 0 radical (unpaired) electrons. The van der Waals surface area contributed by atoms with Gasteiger partial charge >= 0.3 is 5.97 Å². The van der Waals surface area contributed by atoms with Gasteiger partial charge in [-0.05, 0) is 24.3 Å². The minimum absolute atomic E-state index is 0.175. The molecule has 0 aliphatic rings. The van der Waals surface area contributed by atoms with Crippen LogP contribution in [0.2, 0.25) is 0 Å². The number of carboxylic acids is 1. The maximum atomic E-state index is 10.9. The van der Waals surface area contributed by atoms with E-state index in [2.05, 4.69) is 25.6 Å². The number of carbonyl (C=O) groups is 1. The number of aliphatic carboxylic acids is 1. The van der Waals surface area contributed by atoms with E-state index in [1.165, 1.54) is 0 Å². The van der Waals surface area contributed by atoms with Crippen molar-refractivity contribution in [1.29, 1.82) is 0 Å². The second kappa shape index (κ2) is 8.67. The molecule has 3 aromatic rings. The first kappa shape index (κ1) is 18.9. The zero-order chi connectivity index (χ0) is 19.9. The van der Waals surface area contributed by atoms with Crippen LogP contribution in [0.3, 0.4) is 0 Å². The van der Waals surface area contributed by atoms with Crippen LogP contribution in [-0.4, -0.2) is 46.8 Å². The molecular weight excluding hydrogens is 362 g/mol. The second-order valence-electron chi connectivity index (χ2n) is 5.62. The van der Waals surface area contributed by atoms with Gasteiger partial charge in [0.15, 0.2) is 11.5 Å². The molecule has 0 bridgehead atoms. The molecule has 9 nitrogen and oxygen atoms in total. The lowest BCUT2D eigenvalue weighted by atomic mass is 10.2. The predicted molar refractivity (Wildman–Crippen MR) is 104 cm³/mol. The maximum Gasteiger partial charge on any atom is 0.322 e. The number of nitrogens with zero attached hydrogens (tertiary/aromatic N) is 3. The molecule has 0 spiro atoms. The average molecular weight is 381 g/mol. The number of carboxylic acid groups (broad SMARTS) is 1. The standard InChI is InChI=1S/C19H19N5O4/c1-27-15-7-6-12(9-16(15)28-2)22-17-10-14(13-5-3-4-8-20-13)23-19(24-17)21-11-18(25)26/h3-10H,11H2,1-2H3,(H,25,26)(H2,21,22,23,24). The third-order valence-corrected chi connectivity index (χ3v) is 3.71. The molecule has 3 N–H and O–H groups in total. The number of ether oxygens (including phenoxy) is 2. The zero-order valence-corrected chi connectivity index (χ0v) is 15.3. The molecule has 3 rings (SSSR count). The van der Waals surface area contributed by atoms with E-state index in [0.29, 0.717) is 34.4 Å². The van der Waals surface area contributed by atoms with Crippen molar-refractivity contribution in [2.75, 3.05) is 31.4 Å². The Bertz CT molecular complexity index is 966. The normalized spacial score (nSPS) is 10.2. The number of pyridine rings is 1. The van der Waals surface area contributed by atoms with Gasteiger partial charge in [0.2, 0.25) is 5.95 Å². The van der Waals surface area contributed by atoms with Gasteiger partial charge in [-0.25, -0.2) is 4.98 Å². The molecular formula is C19H19N5O4. The van der Waals surface area contributed by atoms with Gasteiger partial charge in [0.25, 0.3) is 0 Å². The Labute approximate surface area is 161 Å². The van der Waals surface area contributed by atoms with Crippen molar-refractivity contribution in [3.05, 3.63) is 48.7 Å². The summed E-state index contributed by atoms with van der Waals surface area (Å²) < 4.78 is 10.6. The molecule has 0 atom stereocenters. The third kappa shape index (κ3) is 4.64. The summed E-state index contributed by atoms with van der Waals surface area (Å²) in [4.78, 5) is 23.8. The van der Waals surface area contributed by atoms with Crippen LogP contribution < -0.4 is 20.1 Å². The summed E-state index contributed by atoms with van der Waals surface area (Å²) in [6.45, 7) is -0.304.